The van der Waals surface area contributed by atoms with Gasteiger partial charge in [0.15, 0.2) is 12.0 Å². The van der Waals surface area contributed by atoms with E-state index in [2.05, 4.69) is 16.2 Å². The minimum Gasteiger partial charge on any atom is -0.381 e. The van der Waals surface area contributed by atoms with Crippen molar-refractivity contribution in [2.75, 3.05) is 0 Å². The van der Waals surface area contributed by atoms with Crippen LogP contribution in [-0.2, 0) is 53.5 Å². The summed E-state index contributed by atoms with van der Waals surface area (Å²) in [5, 5.41) is 0. The molecule has 3 aliphatic heterocycles. The maximum absolute atomic E-state index is 12.0. The number of aromatic nitrogens is 4. The van der Waals surface area contributed by atoms with Crippen molar-refractivity contribution in [2.45, 2.75) is 50.7 Å². The number of imidazole rings is 1. The van der Waals surface area contributed by atoms with E-state index in [1.165, 1.54) is 0 Å². The van der Waals surface area contributed by atoms with Crippen LogP contribution in [0.15, 0.2) is 11.1 Å². The van der Waals surface area contributed by atoms with Crippen LogP contribution in [0.4, 0.5) is 0 Å². The minimum absolute atomic E-state index is 0. The molecule has 2 fully saturated rings. The number of rotatable bonds is 0. The monoisotopic (exact) mass is 378 g/mol. The molecule has 0 spiro atoms. The van der Waals surface area contributed by atoms with Crippen molar-refractivity contribution in [3.05, 3.63) is 23.0 Å². The van der Waals surface area contributed by atoms with Gasteiger partial charge in [-0.05, 0) is 20.0 Å². The number of nitrogens with zero attached hydrogens (tertiary/aromatic N) is 4. The van der Waals surface area contributed by atoms with Crippen LogP contribution in [0.1, 0.15) is 20.1 Å². The molecule has 2 aromatic rings. The van der Waals surface area contributed by atoms with Gasteiger partial charge < -0.3 is 33.1 Å². The van der Waals surface area contributed by atoms with Crippen LogP contribution in [0.3, 0.4) is 0 Å². The topological polar surface area (TPSA) is 80.4 Å². The molecular formula is C13H13N4O4Y-. The maximum atomic E-state index is 12.0. The third kappa shape index (κ3) is 1.85. The molecule has 1 unspecified atom stereocenters. The van der Waals surface area contributed by atoms with E-state index in [1.54, 1.807) is 10.9 Å². The molecule has 2 bridgehead atoms. The van der Waals surface area contributed by atoms with Gasteiger partial charge in [0, 0.05) is 50.4 Å². The fourth-order valence-electron chi connectivity index (χ4n) is 3.51. The first kappa shape index (κ1) is 14.9. The van der Waals surface area contributed by atoms with Gasteiger partial charge >= 0.3 is 0 Å². The zero-order valence-corrected chi connectivity index (χ0v) is 14.9. The first-order valence-electron chi connectivity index (χ1n) is 6.90. The van der Waals surface area contributed by atoms with E-state index in [9.17, 15) is 4.79 Å². The zero-order chi connectivity index (χ0) is 14.4. The Bertz CT molecular complexity index is 816. The van der Waals surface area contributed by atoms with Crippen LogP contribution in [-0.4, -0.2) is 43.2 Å². The Morgan fingerprint density at radius 3 is 2.95 bits per heavy atom. The van der Waals surface area contributed by atoms with Crippen LogP contribution in [0.5, 0.6) is 0 Å². The van der Waals surface area contributed by atoms with Crippen molar-refractivity contribution in [3.8, 4) is 0 Å². The molecule has 0 saturated carbocycles. The van der Waals surface area contributed by atoms with Gasteiger partial charge in [-0.15, -0.1) is 0 Å². The van der Waals surface area contributed by atoms with Gasteiger partial charge in [-0.25, -0.2) is 0 Å². The molecule has 3 aliphatic rings. The van der Waals surface area contributed by atoms with Crippen LogP contribution in [0.25, 0.3) is 11.2 Å². The van der Waals surface area contributed by atoms with Crippen molar-refractivity contribution in [1.82, 2.24) is 19.1 Å². The predicted octanol–water partition coefficient (Wildman–Crippen LogP) is -0.178. The van der Waals surface area contributed by atoms with E-state index in [0.717, 1.165) is 0 Å². The molecule has 0 amide bonds. The predicted molar refractivity (Wildman–Crippen MR) is 68.4 cm³/mol. The summed E-state index contributed by atoms with van der Waals surface area (Å²) in [5.74, 6) is -0.652. The van der Waals surface area contributed by atoms with Gasteiger partial charge in [0.05, 0.1) is 6.33 Å². The molecule has 22 heavy (non-hydrogen) atoms. The summed E-state index contributed by atoms with van der Waals surface area (Å²) >= 11 is 0. The van der Waals surface area contributed by atoms with Crippen molar-refractivity contribution >= 4 is 11.2 Å². The van der Waals surface area contributed by atoms with Crippen molar-refractivity contribution in [3.63, 3.8) is 0 Å². The minimum atomic E-state index is -0.652. The Hall–Kier alpha value is -0.666. The van der Waals surface area contributed by atoms with E-state index >= 15 is 0 Å². The fourth-order valence-corrected chi connectivity index (χ4v) is 3.51. The van der Waals surface area contributed by atoms with Crippen molar-refractivity contribution in [1.29, 1.82) is 0 Å². The molecule has 0 N–H and O–H groups in total. The summed E-state index contributed by atoms with van der Waals surface area (Å²) < 4.78 is 21.4. The Morgan fingerprint density at radius 2 is 2.14 bits per heavy atom. The van der Waals surface area contributed by atoms with Crippen molar-refractivity contribution < 1.29 is 46.9 Å². The molecule has 8 nitrogen and oxygen atoms in total. The van der Waals surface area contributed by atoms with Crippen LogP contribution in [0.2, 0.25) is 0 Å². The SMILES string of the molecule is CC1(C)OC2[C@@H](O1)[C@H]1Cn3c(=O)n[c-]c4ncn(c43)[C@@H]2O1.[Y]. The first-order chi connectivity index (χ1) is 10.0. The summed E-state index contributed by atoms with van der Waals surface area (Å²) in [6.45, 7) is 4.14. The Morgan fingerprint density at radius 1 is 1.36 bits per heavy atom. The van der Waals surface area contributed by atoms with Gasteiger partial charge in [0.25, 0.3) is 0 Å². The number of ether oxygens (including phenoxy) is 3. The second-order valence-electron chi connectivity index (χ2n) is 6.07. The fraction of sp³-hybridized carbons (Fsp3) is 0.615. The molecule has 2 saturated heterocycles. The largest absolute Gasteiger partial charge is 0.381 e. The van der Waals surface area contributed by atoms with Crippen LogP contribution >= 0.6 is 0 Å². The van der Waals surface area contributed by atoms with Crippen LogP contribution in [0, 0.1) is 6.20 Å². The molecule has 113 valence electrons. The van der Waals surface area contributed by atoms with Crippen LogP contribution < -0.4 is 5.69 Å². The Balaban J connectivity index is 0.00000125. The average Bonchev–Trinajstić information content (AvgIpc) is 3.01. The summed E-state index contributed by atoms with van der Waals surface area (Å²) in [6.07, 6.45) is 3.30. The standard InChI is InChI=1S/C13H13N4O4.Y/c1-13(2)20-8-7-4-16-10-6(3-14-12(16)18)15-5-17(10)11(19-7)9(8)21-13;/h5,7-9,11H,4H2,1-2H3;/q-1;/t7-,8+,9?,11-;/m1./s1. The quantitative estimate of drug-likeness (QED) is 0.592. The molecule has 5 heterocycles. The molecule has 5 rings (SSSR count). The molecule has 2 aromatic heterocycles. The molecule has 0 aromatic carbocycles. The third-order valence-corrected chi connectivity index (χ3v) is 4.27. The van der Waals surface area contributed by atoms with Gasteiger partial charge in [-0.1, -0.05) is 0 Å². The van der Waals surface area contributed by atoms with E-state index in [0.29, 0.717) is 17.7 Å². The third-order valence-electron chi connectivity index (χ3n) is 4.27. The Kier molecular flexibility index (Phi) is 3.16. The molecule has 0 aliphatic carbocycles. The van der Waals surface area contributed by atoms with Gasteiger partial charge in [-0.3, -0.25) is 4.98 Å². The number of hydrogen-bond acceptors (Lipinski definition) is 6. The molecule has 9 heteroatoms. The summed E-state index contributed by atoms with van der Waals surface area (Å²) in [6, 6.07) is 0. The second kappa shape index (κ2) is 4.67. The normalized spacial score (nSPS) is 34.3. The average molecular weight is 378 g/mol. The summed E-state index contributed by atoms with van der Waals surface area (Å²) in [5.41, 5.74) is 0.879. The molecule has 1 radical (unpaired) electrons. The van der Waals surface area contributed by atoms with Crippen molar-refractivity contribution in [2.24, 2.45) is 0 Å². The maximum Gasteiger partial charge on any atom is 0.231 e. The molecule has 4 atom stereocenters. The first-order valence-corrected chi connectivity index (χ1v) is 6.90. The summed E-state index contributed by atoms with van der Waals surface area (Å²) in [4.78, 5) is 20.0. The van der Waals surface area contributed by atoms with Gasteiger partial charge in [0.2, 0.25) is 5.69 Å². The smallest absolute Gasteiger partial charge is 0.231 e. The second-order valence-corrected chi connectivity index (χ2v) is 6.07. The molecular weight excluding hydrogens is 365 g/mol. The summed E-state index contributed by atoms with van der Waals surface area (Å²) in [7, 11) is 0. The van der Waals surface area contributed by atoms with E-state index in [-0.39, 0.29) is 62.9 Å². The number of fused-ring (bicyclic) bond motifs is 6. The van der Waals surface area contributed by atoms with E-state index in [4.69, 9.17) is 14.2 Å². The van der Waals surface area contributed by atoms with E-state index < -0.39 is 5.79 Å². The Labute approximate surface area is 150 Å². The number of hydrogen-bond donors (Lipinski definition) is 0. The zero-order valence-electron chi connectivity index (χ0n) is 12.1. The van der Waals surface area contributed by atoms with Gasteiger partial charge in [-0.2, -0.15) is 0 Å². The van der Waals surface area contributed by atoms with E-state index in [1.807, 2.05) is 18.4 Å². The van der Waals surface area contributed by atoms with Gasteiger partial charge in [0.1, 0.15) is 18.3 Å².